The number of carbonyl (C=O) groups excluding carboxylic acids is 1. The molecule has 1 aliphatic heterocycles. The van der Waals surface area contributed by atoms with E-state index in [2.05, 4.69) is 10.1 Å². The molecule has 13 heteroatoms. The van der Waals surface area contributed by atoms with E-state index in [0.29, 0.717) is 46.0 Å². The molecule has 4 aromatic carbocycles. The van der Waals surface area contributed by atoms with Crippen molar-refractivity contribution in [1.29, 1.82) is 0 Å². The van der Waals surface area contributed by atoms with Crippen LogP contribution in [0, 0.1) is 5.82 Å². The summed E-state index contributed by atoms with van der Waals surface area (Å²) in [6.45, 7) is 0.641. The van der Waals surface area contributed by atoms with E-state index in [1.165, 1.54) is 74.3 Å². The average Bonchev–Trinajstić information content (AvgIpc) is 3.50. The molecule has 0 spiro atoms. The van der Waals surface area contributed by atoms with Crippen LogP contribution < -0.4 is 19.2 Å². The molecule has 0 atom stereocenters. The Hall–Kier alpha value is -4.85. The summed E-state index contributed by atoms with van der Waals surface area (Å²) >= 11 is 1.09. The number of fused-ring (bicyclic) bond motifs is 2. The minimum atomic E-state index is -3.81. The molecule has 0 bridgehead atoms. The van der Waals surface area contributed by atoms with Gasteiger partial charge in [0.15, 0.2) is 11.5 Å². The van der Waals surface area contributed by atoms with Crippen LogP contribution in [0.1, 0.15) is 27.0 Å². The van der Waals surface area contributed by atoms with Crippen LogP contribution >= 0.6 is 11.3 Å². The zero-order valence-corrected chi connectivity index (χ0v) is 26.8. The molecule has 236 valence electrons. The third-order valence-corrected chi connectivity index (χ3v) is 10.4. The molecule has 0 aliphatic carbocycles. The summed E-state index contributed by atoms with van der Waals surface area (Å²) in [7, 11) is 0.662. The van der Waals surface area contributed by atoms with Crippen molar-refractivity contribution in [2.24, 2.45) is 5.10 Å². The van der Waals surface area contributed by atoms with Crippen molar-refractivity contribution < 1.29 is 31.8 Å². The average molecular weight is 661 g/mol. The number of nitrogens with zero attached hydrogens (tertiary/aromatic N) is 4. The molecule has 0 N–H and O–H groups in total. The van der Waals surface area contributed by atoms with Crippen molar-refractivity contribution in [1.82, 2.24) is 9.29 Å². The number of sulfonamides is 1. The number of aromatic nitrogens is 1. The molecule has 1 aliphatic rings. The van der Waals surface area contributed by atoms with E-state index < -0.39 is 21.7 Å². The number of anilines is 1. The Morgan fingerprint density at radius 2 is 1.65 bits per heavy atom. The second-order valence-electron chi connectivity index (χ2n) is 10.3. The summed E-state index contributed by atoms with van der Waals surface area (Å²) in [6, 6.07) is 21.0. The lowest BCUT2D eigenvalue weighted by molar-refractivity contribution is 0.0987. The zero-order chi connectivity index (χ0) is 32.4. The van der Waals surface area contributed by atoms with Crippen LogP contribution in [-0.2, 0) is 23.0 Å². The van der Waals surface area contributed by atoms with Gasteiger partial charge in [0.1, 0.15) is 5.82 Å². The van der Waals surface area contributed by atoms with Gasteiger partial charge < -0.3 is 14.2 Å². The van der Waals surface area contributed by atoms with E-state index in [0.717, 1.165) is 27.5 Å². The molecule has 6 rings (SSSR count). The molecule has 46 heavy (non-hydrogen) atoms. The monoisotopic (exact) mass is 660 g/mol. The summed E-state index contributed by atoms with van der Waals surface area (Å²) in [5.41, 5.74) is 3.31. The number of halogens is 1. The SMILES string of the molecule is COc1cc(/C=N/N(C(=O)c2ccc(S(=O)(=O)N3CCc4ccccc4C3)cc2)c2nc3ccc(F)cc3s2)cc(OC)c1OC. The molecule has 2 heterocycles. The van der Waals surface area contributed by atoms with E-state index in [9.17, 15) is 17.6 Å². The Kier molecular flexibility index (Phi) is 8.71. The van der Waals surface area contributed by atoms with Gasteiger partial charge in [-0.15, -0.1) is 0 Å². The van der Waals surface area contributed by atoms with Gasteiger partial charge >= 0.3 is 0 Å². The quantitative estimate of drug-likeness (QED) is 0.143. The molecule has 5 aromatic rings. The predicted octanol–water partition coefficient (Wildman–Crippen LogP) is 5.89. The highest BCUT2D eigenvalue weighted by Gasteiger charge is 2.29. The third-order valence-electron chi connectivity index (χ3n) is 7.56. The second kappa shape index (κ2) is 12.9. The molecule has 1 aromatic heterocycles. The number of hydrazone groups is 1. The van der Waals surface area contributed by atoms with Gasteiger partial charge in [-0.3, -0.25) is 4.79 Å². The first-order valence-electron chi connectivity index (χ1n) is 14.1. The highest BCUT2D eigenvalue weighted by atomic mass is 32.2. The van der Waals surface area contributed by atoms with Crippen LogP contribution in [0.3, 0.4) is 0 Å². The van der Waals surface area contributed by atoms with Crippen LogP contribution in [0.15, 0.2) is 88.9 Å². The number of rotatable bonds is 9. The minimum absolute atomic E-state index is 0.0753. The molecule has 10 nitrogen and oxygen atoms in total. The van der Waals surface area contributed by atoms with Crippen LogP contribution in [0.5, 0.6) is 17.2 Å². The summed E-state index contributed by atoms with van der Waals surface area (Å²) in [5, 5.41) is 5.75. The van der Waals surface area contributed by atoms with E-state index in [4.69, 9.17) is 14.2 Å². The van der Waals surface area contributed by atoms with Gasteiger partial charge in [-0.05, 0) is 72.1 Å². The standard InChI is InChI=1S/C33H29FN4O6S2/c1-42-28-16-21(17-29(43-2)31(28)44-3)19-35-38(33-36-27-13-10-25(34)18-30(27)45-33)32(39)23-8-11-26(12-9-23)46(40,41)37-15-14-22-6-4-5-7-24(22)20-37/h4-13,16-19H,14-15,20H2,1-3H3/b35-19+. The van der Waals surface area contributed by atoms with Gasteiger partial charge in [0.2, 0.25) is 20.9 Å². The molecular formula is C33H29FN4O6S2. The van der Waals surface area contributed by atoms with Crippen molar-refractivity contribution in [3.8, 4) is 17.2 Å². The number of hydrogen-bond donors (Lipinski definition) is 0. The Morgan fingerprint density at radius 3 is 2.33 bits per heavy atom. The Labute approximate surface area is 269 Å². The number of ether oxygens (including phenoxy) is 3. The van der Waals surface area contributed by atoms with Crippen molar-refractivity contribution in [2.45, 2.75) is 17.9 Å². The highest BCUT2D eigenvalue weighted by molar-refractivity contribution is 7.89. The number of methoxy groups -OCH3 is 3. The number of hydrogen-bond acceptors (Lipinski definition) is 9. The van der Waals surface area contributed by atoms with Gasteiger partial charge in [-0.2, -0.15) is 14.4 Å². The predicted molar refractivity (Wildman–Crippen MR) is 174 cm³/mol. The maximum Gasteiger partial charge on any atom is 0.280 e. The summed E-state index contributed by atoms with van der Waals surface area (Å²) in [6.07, 6.45) is 2.05. The maximum atomic E-state index is 14.0. The largest absolute Gasteiger partial charge is 0.493 e. The summed E-state index contributed by atoms with van der Waals surface area (Å²) in [5.74, 6) is 0.179. The first kappa shape index (κ1) is 31.1. The number of thiazole rings is 1. The molecule has 0 radical (unpaired) electrons. The topological polar surface area (TPSA) is 111 Å². The number of amides is 1. The van der Waals surface area contributed by atoms with Crippen molar-refractivity contribution >= 4 is 48.8 Å². The first-order valence-corrected chi connectivity index (χ1v) is 16.4. The number of carbonyl (C=O) groups is 1. The Morgan fingerprint density at radius 1 is 0.957 bits per heavy atom. The van der Waals surface area contributed by atoms with E-state index in [-0.39, 0.29) is 22.1 Å². The fourth-order valence-corrected chi connectivity index (χ4v) is 7.55. The van der Waals surface area contributed by atoms with E-state index in [1.54, 1.807) is 12.1 Å². The van der Waals surface area contributed by atoms with Crippen LogP contribution in [0.4, 0.5) is 9.52 Å². The highest BCUT2D eigenvalue weighted by Crippen LogP contribution is 2.38. The van der Waals surface area contributed by atoms with Gasteiger partial charge in [0, 0.05) is 24.2 Å². The van der Waals surface area contributed by atoms with Crippen molar-refractivity contribution in [3.05, 3.63) is 107 Å². The molecule has 0 saturated carbocycles. The normalized spacial score (nSPS) is 13.5. The van der Waals surface area contributed by atoms with Gasteiger partial charge in [-0.1, -0.05) is 35.6 Å². The molecular weight excluding hydrogens is 632 g/mol. The van der Waals surface area contributed by atoms with Crippen molar-refractivity contribution in [3.63, 3.8) is 0 Å². The van der Waals surface area contributed by atoms with Crippen molar-refractivity contribution in [2.75, 3.05) is 32.9 Å². The third kappa shape index (κ3) is 6.04. The zero-order valence-electron chi connectivity index (χ0n) is 25.1. The smallest absolute Gasteiger partial charge is 0.280 e. The lowest BCUT2D eigenvalue weighted by Gasteiger charge is -2.28. The van der Waals surface area contributed by atoms with Crippen LogP contribution in [0.2, 0.25) is 0 Å². The molecule has 0 unspecified atom stereocenters. The van der Waals surface area contributed by atoms with Gasteiger partial charge in [0.05, 0.1) is 42.7 Å². The fraction of sp³-hybridized carbons (Fsp3) is 0.182. The number of benzene rings is 4. The lowest BCUT2D eigenvalue weighted by Crippen LogP contribution is -2.36. The van der Waals surface area contributed by atoms with Gasteiger partial charge in [-0.25, -0.2) is 17.8 Å². The molecule has 0 saturated heterocycles. The maximum absolute atomic E-state index is 14.0. The van der Waals surface area contributed by atoms with Crippen LogP contribution in [0.25, 0.3) is 10.2 Å². The van der Waals surface area contributed by atoms with Crippen LogP contribution in [-0.4, -0.2) is 57.7 Å². The Balaban J connectivity index is 1.33. The Bertz CT molecular complexity index is 2040. The lowest BCUT2D eigenvalue weighted by atomic mass is 10.0. The minimum Gasteiger partial charge on any atom is -0.493 e. The second-order valence-corrected chi connectivity index (χ2v) is 13.3. The van der Waals surface area contributed by atoms with Gasteiger partial charge in [0.25, 0.3) is 5.91 Å². The first-order chi connectivity index (χ1) is 22.2. The van der Waals surface area contributed by atoms with E-state index >= 15 is 0 Å². The molecule has 1 amide bonds. The van der Waals surface area contributed by atoms with E-state index in [1.807, 2.05) is 24.3 Å². The fourth-order valence-electron chi connectivity index (χ4n) is 5.18. The summed E-state index contributed by atoms with van der Waals surface area (Å²) < 4.78 is 59.2. The molecule has 0 fully saturated rings. The summed E-state index contributed by atoms with van der Waals surface area (Å²) in [4.78, 5) is 18.5.